The Morgan fingerprint density at radius 3 is 2.08 bits per heavy atom. The molecule has 182 valence electrons. The van der Waals surface area contributed by atoms with Gasteiger partial charge in [0.25, 0.3) is 0 Å². The van der Waals surface area contributed by atoms with Gasteiger partial charge in [0.05, 0.1) is 11.1 Å². The molecule has 0 N–H and O–H groups in total. The van der Waals surface area contributed by atoms with E-state index in [0.29, 0.717) is 17.1 Å². The van der Waals surface area contributed by atoms with Crippen LogP contribution in [0, 0.1) is 12.7 Å². The van der Waals surface area contributed by atoms with Gasteiger partial charge < -0.3 is 4.42 Å². The van der Waals surface area contributed by atoms with Gasteiger partial charge in [-0.15, -0.1) is 0 Å². The summed E-state index contributed by atoms with van der Waals surface area (Å²) < 4.78 is 24.1. The molecule has 0 saturated carbocycles. The van der Waals surface area contributed by atoms with Gasteiger partial charge in [0.1, 0.15) is 24.0 Å². The normalized spacial score (nSPS) is 11.6. The van der Waals surface area contributed by atoms with Crippen LogP contribution in [0.1, 0.15) is 30.9 Å². The summed E-state index contributed by atoms with van der Waals surface area (Å²) >= 11 is 0. The van der Waals surface area contributed by atoms with Gasteiger partial charge in [-0.05, 0) is 64.9 Å². The molecule has 0 aliphatic carbocycles. The lowest BCUT2D eigenvalue weighted by molar-refractivity contribution is -0.660. The third-order valence-electron chi connectivity index (χ3n) is 7.25. The zero-order valence-electron chi connectivity index (χ0n) is 21.4. The van der Waals surface area contributed by atoms with Crippen molar-refractivity contribution >= 4 is 21.9 Å². The van der Waals surface area contributed by atoms with Crippen LogP contribution in [-0.2, 0) is 7.05 Å². The maximum atomic E-state index is 15.4. The number of aryl methyl sites for hydroxylation is 2. The lowest BCUT2D eigenvalue weighted by Crippen LogP contribution is -2.31. The van der Waals surface area contributed by atoms with Crippen LogP contribution in [0.4, 0.5) is 4.39 Å². The van der Waals surface area contributed by atoms with E-state index >= 15 is 4.39 Å². The Morgan fingerprint density at radius 1 is 0.757 bits per heavy atom. The largest absolute Gasteiger partial charge is 0.454 e. The monoisotopic (exact) mass is 487 g/mol. The molecule has 4 heteroatoms. The Hall–Kier alpha value is -4.31. The fourth-order valence-electron chi connectivity index (χ4n) is 5.13. The molecule has 0 bridgehead atoms. The van der Waals surface area contributed by atoms with Crippen LogP contribution in [0.15, 0.2) is 95.8 Å². The summed E-state index contributed by atoms with van der Waals surface area (Å²) in [4.78, 5) is 4.09. The molecule has 0 aliphatic heterocycles. The number of rotatable bonds is 4. The van der Waals surface area contributed by atoms with E-state index in [2.05, 4.69) is 67.8 Å². The van der Waals surface area contributed by atoms with E-state index in [4.69, 9.17) is 4.42 Å². The molecule has 0 aliphatic rings. The van der Waals surface area contributed by atoms with Crippen LogP contribution in [0.5, 0.6) is 0 Å². The number of furan rings is 1. The molecule has 0 atom stereocenters. The van der Waals surface area contributed by atoms with Gasteiger partial charge in [-0.3, -0.25) is 4.98 Å². The van der Waals surface area contributed by atoms with Crippen molar-refractivity contribution < 1.29 is 13.4 Å². The van der Waals surface area contributed by atoms with Crippen LogP contribution in [0.3, 0.4) is 0 Å². The third-order valence-corrected chi connectivity index (χ3v) is 7.25. The van der Waals surface area contributed by atoms with Gasteiger partial charge in [0.2, 0.25) is 5.69 Å². The van der Waals surface area contributed by atoms with Gasteiger partial charge in [0, 0.05) is 35.3 Å². The first-order valence-electron chi connectivity index (χ1n) is 12.6. The third kappa shape index (κ3) is 3.89. The Balaban J connectivity index is 1.58. The van der Waals surface area contributed by atoms with Crippen molar-refractivity contribution in [3.63, 3.8) is 0 Å². The van der Waals surface area contributed by atoms with E-state index in [1.54, 1.807) is 18.5 Å². The molecule has 0 fully saturated rings. The van der Waals surface area contributed by atoms with Crippen molar-refractivity contribution in [2.75, 3.05) is 0 Å². The average molecular weight is 488 g/mol. The van der Waals surface area contributed by atoms with Crippen LogP contribution in [-0.4, -0.2) is 4.98 Å². The average Bonchev–Trinajstić information content (AvgIpc) is 3.28. The highest BCUT2D eigenvalue weighted by Crippen LogP contribution is 2.42. The summed E-state index contributed by atoms with van der Waals surface area (Å²) in [6.45, 7) is 6.49. The van der Waals surface area contributed by atoms with Crippen molar-refractivity contribution in [1.82, 2.24) is 4.98 Å². The maximum Gasteiger partial charge on any atom is 0.216 e. The standard InChI is InChI=1S/C33H28FN2O/c1-20(2)25-15-18-36(4)29(19-25)30-21(3)5-10-26-27-11-12-28(34)31(33(27)37-32(26)30)24-8-6-22(7-9-24)23-13-16-35-17-14-23/h5-20H,1-4H3/q+1. The molecule has 6 aromatic rings. The first kappa shape index (κ1) is 23.1. The number of hydrogen-bond acceptors (Lipinski definition) is 2. The molecular formula is C33H28FN2O+. The number of hydrogen-bond donors (Lipinski definition) is 0. The van der Waals surface area contributed by atoms with Gasteiger partial charge in [-0.25, -0.2) is 8.96 Å². The van der Waals surface area contributed by atoms with E-state index in [-0.39, 0.29) is 5.82 Å². The second-order valence-corrected chi connectivity index (χ2v) is 9.96. The van der Waals surface area contributed by atoms with Crippen LogP contribution in [0.25, 0.3) is 55.4 Å². The first-order chi connectivity index (χ1) is 17.9. The molecule has 0 unspecified atom stereocenters. The zero-order valence-corrected chi connectivity index (χ0v) is 21.4. The maximum absolute atomic E-state index is 15.4. The minimum atomic E-state index is -0.297. The smallest absolute Gasteiger partial charge is 0.216 e. The van der Waals surface area contributed by atoms with Crippen LogP contribution >= 0.6 is 0 Å². The fraction of sp³-hybridized carbons (Fsp3) is 0.152. The first-order valence-corrected chi connectivity index (χ1v) is 12.6. The number of nitrogens with zero attached hydrogens (tertiary/aromatic N) is 2. The Bertz CT molecular complexity index is 1770. The van der Waals surface area contributed by atoms with Crippen molar-refractivity contribution in [2.45, 2.75) is 26.7 Å². The molecule has 37 heavy (non-hydrogen) atoms. The summed E-state index contributed by atoms with van der Waals surface area (Å²) in [5, 5.41) is 1.90. The van der Waals surface area contributed by atoms with Crippen molar-refractivity contribution in [2.24, 2.45) is 7.05 Å². The summed E-state index contributed by atoms with van der Waals surface area (Å²) in [5.41, 5.74) is 9.25. The molecular weight excluding hydrogens is 459 g/mol. The molecule has 0 spiro atoms. The van der Waals surface area contributed by atoms with Gasteiger partial charge in [-0.1, -0.05) is 50.2 Å². The van der Waals surface area contributed by atoms with Crippen LogP contribution < -0.4 is 4.57 Å². The number of halogens is 1. The van der Waals surface area contributed by atoms with Gasteiger partial charge in [-0.2, -0.15) is 0 Å². The van der Waals surface area contributed by atoms with Crippen LogP contribution in [0.2, 0.25) is 0 Å². The summed E-state index contributed by atoms with van der Waals surface area (Å²) in [6, 6.07) is 23.8. The van der Waals surface area contributed by atoms with Crippen molar-refractivity contribution in [3.8, 4) is 33.5 Å². The molecule has 0 radical (unpaired) electrons. The Labute approximate surface area is 215 Å². The molecule has 3 aromatic carbocycles. The predicted octanol–water partition coefficient (Wildman–Crippen LogP) is 8.38. The zero-order chi connectivity index (χ0) is 25.7. The SMILES string of the molecule is Cc1ccc2c(oc3c(-c4ccc(-c5ccncc5)cc4)c(F)ccc32)c1-c1cc(C(C)C)cc[n+]1C. The molecule has 3 nitrogen and oxygen atoms in total. The lowest BCUT2D eigenvalue weighted by Gasteiger charge is -2.09. The minimum absolute atomic E-state index is 0.297. The number of pyridine rings is 2. The Kier molecular flexibility index (Phi) is 5.60. The molecule has 3 aromatic heterocycles. The second-order valence-electron chi connectivity index (χ2n) is 9.96. The number of aromatic nitrogens is 2. The lowest BCUT2D eigenvalue weighted by atomic mass is 9.96. The van der Waals surface area contributed by atoms with Gasteiger partial charge >= 0.3 is 0 Å². The van der Waals surface area contributed by atoms with Crippen molar-refractivity contribution in [1.29, 1.82) is 0 Å². The number of benzene rings is 3. The highest BCUT2D eigenvalue weighted by Gasteiger charge is 2.24. The summed E-state index contributed by atoms with van der Waals surface area (Å²) in [6.07, 6.45) is 5.64. The summed E-state index contributed by atoms with van der Waals surface area (Å²) in [7, 11) is 2.05. The fourth-order valence-corrected chi connectivity index (χ4v) is 5.13. The highest BCUT2D eigenvalue weighted by molar-refractivity contribution is 6.13. The Morgan fingerprint density at radius 2 is 1.38 bits per heavy atom. The topological polar surface area (TPSA) is 29.9 Å². The van der Waals surface area contributed by atoms with E-state index in [0.717, 1.165) is 49.9 Å². The summed E-state index contributed by atoms with van der Waals surface area (Å²) in [5.74, 6) is 0.111. The van der Waals surface area contributed by atoms with E-state index in [9.17, 15) is 0 Å². The van der Waals surface area contributed by atoms with E-state index in [1.165, 1.54) is 5.56 Å². The molecule has 0 amide bonds. The molecule has 0 saturated heterocycles. The minimum Gasteiger partial charge on any atom is -0.454 e. The quantitative estimate of drug-likeness (QED) is 0.234. The molecule has 3 heterocycles. The highest BCUT2D eigenvalue weighted by atomic mass is 19.1. The van der Waals surface area contributed by atoms with E-state index in [1.807, 2.05) is 42.5 Å². The number of fused-ring (bicyclic) bond motifs is 3. The van der Waals surface area contributed by atoms with E-state index < -0.39 is 0 Å². The predicted molar refractivity (Wildman–Crippen MR) is 148 cm³/mol. The van der Waals surface area contributed by atoms with Gasteiger partial charge in [0.15, 0.2) is 6.20 Å². The molecule has 6 rings (SSSR count). The second kappa shape index (κ2) is 8.97. The van der Waals surface area contributed by atoms with Crippen molar-refractivity contribution in [3.05, 3.63) is 108 Å².